The van der Waals surface area contributed by atoms with Crippen LogP contribution in [-0.4, -0.2) is 10.8 Å². The maximum atomic E-state index is 11.2. The molecule has 102 valence electrons. The first-order valence-electron chi connectivity index (χ1n) is 5.51. The van der Waals surface area contributed by atoms with Crippen molar-refractivity contribution in [2.24, 2.45) is 5.73 Å². The third kappa shape index (κ3) is 2.80. The van der Waals surface area contributed by atoms with Crippen molar-refractivity contribution in [3.8, 4) is 0 Å². The van der Waals surface area contributed by atoms with Gasteiger partial charge in [-0.15, -0.1) is 0 Å². The number of nitrogens with two attached hydrogens (primary N) is 1. The van der Waals surface area contributed by atoms with Crippen LogP contribution in [0.3, 0.4) is 0 Å². The van der Waals surface area contributed by atoms with E-state index in [1.807, 2.05) is 0 Å². The lowest BCUT2D eigenvalue weighted by molar-refractivity contribution is -0.605. The van der Waals surface area contributed by atoms with E-state index in [9.17, 15) is 20.1 Å². The van der Waals surface area contributed by atoms with E-state index in [1.165, 1.54) is 24.3 Å². The Bertz CT molecular complexity index is 670. The zero-order valence-electron chi connectivity index (χ0n) is 10.1. The van der Waals surface area contributed by atoms with E-state index >= 15 is 0 Å². The minimum Gasteiger partial charge on any atom is -0.619 e. The standard InChI is InChI=1S/C12H10N4O4/c13-12(17)8-1-3-9(4-2-8)14-10-7-15(18)6-5-11(10)16(19)20/h1-7,14H,(H2,13,17). The van der Waals surface area contributed by atoms with Crippen molar-refractivity contribution < 1.29 is 14.4 Å². The predicted octanol–water partition coefficient (Wildman–Crippen LogP) is 1.07. The van der Waals surface area contributed by atoms with Crippen LogP contribution in [-0.2, 0) is 0 Å². The highest BCUT2D eigenvalue weighted by Gasteiger charge is 2.17. The quantitative estimate of drug-likeness (QED) is 0.373. The average Bonchev–Trinajstić information content (AvgIpc) is 2.39. The molecule has 1 amide bonds. The molecule has 0 saturated heterocycles. The van der Waals surface area contributed by atoms with E-state index in [2.05, 4.69) is 5.32 Å². The van der Waals surface area contributed by atoms with Gasteiger partial charge in [-0.1, -0.05) is 0 Å². The van der Waals surface area contributed by atoms with E-state index in [4.69, 9.17) is 5.73 Å². The summed E-state index contributed by atoms with van der Waals surface area (Å²) in [6, 6.07) is 7.13. The molecule has 2 rings (SSSR count). The Morgan fingerprint density at radius 1 is 1.25 bits per heavy atom. The van der Waals surface area contributed by atoms with Crippen LogP contribution in [0.4, 0.5) is 17.1 Å². The van der Waals surface area contributed by atoms with Crippen molar-refractivity contribution in [3.63, 3.8) is 0 Å². The zero-order chi connectivity index (χ0) is 14.7. The number of benzene rings is 1. The van der Waals surface area contributed by atoms with E-state index < -0.39 is 10.8 Å². The van der Waals surface area contributed by atoms with Crippen LogP contribution < -0.4 is 15.8 Å². The molecular formula is C12H10N4O4. The molecule has 2 aromatic rings. The normalized spacial score (nSPS) is 10.0. The molecule has 0 atom stereocenters. The number of aromatic nitrogens is 1. The minimum absolute atomic E-state index is 0.0549. The number of pyridine rings is 1. The molecule has 0 bridgehead atoms. The second-order valence-corrected chi connectivity index (χ2v) is 3.93. The Hall–Kier alpha value is -3.16. The fourth-order valence-electron chi connectivity index (χ4n) is 1.60. The third-order valence-corrected chi connectivity index (χ3v) is 2.56. The highest BCUT2D eigenvalue weighted by atomic mass is 16.6. The SMILES string of the molecule is NC(=O)c1ccc(Nc2c[n+]([O-])ccc2[N+](=O)[O-])cc1. The molecule has 3 N–H and O–H groups in total. The molecular weight excluding hydrogens is 264 g/mol. The molecule has 0 aliphatic heterocycles. The van der Waals surface area contributed by atoms with E-state index in [1.54, 1.807) is 0 Å². The van der Waals surface area contributed by atoms with Gasteiger partial charge in [0.05, 0.1) is 11.0 Å². The Balaban J connectivity index is 2.31. The Morgan fingerprint density at radius 3 is 2.45 bits per heavy atom. The molecule has 0 aliphatic rings. The number of carbonyl (C=O) groups is 1. The Kier molecular flexibility index (Phi) is 3.47. The molecule has 0 saturated carbocycles. The van der Waals surface area contributed by atoms with Crippen molar-refractivity contribution in [2.75, 3.05) is 5.32 Å². The van der Waals surface area contributed by atoms with Gasteiger partial charge < -0.3 is 16.3 Å². The Morgan fingerprint density at radius 2 is 1.90 bits per heavy atom. The van der Waals surface area contributed by atoms with E-state index in [0.29, 0.717) is 16.0 Å². The summed E-state index contributed by atoms with van der Waals surface area (Å²) < 4.78 is 0.451. The first-order valence-corrected chi connectivity index (χ1v) is 5.51. The van der Waals surface area contributed by atoms with Crippen LogP contribution >= 0.6 is 0 Å². The van der Waals surface area contributed by atoms with Crippen LogP contribution in [0.15, 0.2) is 42.7 Å². The second-order valence-electron chi connectivity index (χ2n) is 3.93. The Labute approximate surface area is 113 Å². The van der Waals surface area contributed by atoms with Gasteiger partial charge in [0.1, 0.15) is 0 Å². The molecule has 0 aliphatic carbocycles. The van der Waals surface area contributed by atoms with Gasteiger partial charge >= 0.3 is 5.69 Å². The van der Waals surface area contributed by atoms with Gasteiger partial charge in [0, 0.05) is 11.3 Å². The van der Waals surface area contributed by atoms with Crippen LogP contribution in [0.25, 0.3) is 0 Å². The molecule has 1 aromatic carbocycles. The maximum absolute atomic E-state index is 11.2. The van der Waals surface area contributed by atoms with Crippen LogP contribution in [0.1, 0.15) is 10.4 Å². The third-order valence-electron chi connectivity index (χ3n) is 2.56. The number of amides is 1. The fourth-order valence-corrected chi connectivity index (χ4v) is 1.60. The lowest BCUT2D eigenvalue weighted by Gasteiger charge is -2.07. The van der Waals surface area contributed by atoms with Gasteiger partial charge in [0.2, 0.25) is 12.1 Å². The summed E-state index contributed by atoms with van der Waals surface area (Å²) in [5, 5.41) is 24.8. The molecule has 0 fully saturated rings. The number of nitrogens with one attached hydrogen (secondary N) is 1. The smallest absolute Gasteiger partial charge is 0.304 e. The van der Waals surface area contributed by atoms with E-state index in [0.717, 1.165) is 18.5 Å². The van der Waals surface area contributed by atoms with Crippen LogP contribution in [0, 0.1) is 15.3 Å². The van der Waals surface area contributed by atoms with Gasteiger partial charge in [-0.05, 0) is 24.3 Å². The molecule has 8 nitrogen and oxygen atoms in total. The van der Waals surface area contributed by atoms with Crippen LogP contribution in [0.5, 0.6) is 0 Å². The van der Waals surface area contributed by atoms with Gasteiger partial charge in [0.25, 0.3) is 0 Å². The van der Waals surface area contributed by atoms with Gasteiger partial charge in [-0.25, -0.2) is 0 Å². The monoisotopic (exact) mass is 274 g/mol. The molecule has 0 unspecified atom stereocenters. The number of anilines is 2. The summed E-state index contributed by atoms with van der Waals surface area (Å²) >= 11 is 0. The molecule has 1 heterocycles. The number of nitro groups is 1. The summed E-state index contributed by atoms with van der Waals surface area (Å²) in [4.78, 5) is 21.2. The lowest BCUT2D eigenvalue weighted by Crippen LogP contribution is -2.25. The molecule has 20 heavy (non-hydrogen) atoms. The topological polar surface area (TPSA) is 125 Å². The number of rotatable bonds is 4. The molecule has 0 spiro atoms. The van der Waals surface area contributed by atoms with Crippen molar-refractivity contribution >= 4 is 23.0 Å². The number of hydrogen-bond donors (Lipinski definition) is 2. The predicted molar refractivity (Wildman–Crippen MR) is 70.3 cm³/mol. The second kappa shape index (κ2) is 5.22. The van der Waals surface area contributed by atoms with Gasteiger partial charge in [0.15, 0.2) is 11.9 Å². The maximum Gasteiger partial charge on any atom is 0.304 e. The molecule has 1 aromatic heterocycles. The van der Waals surface area contributed by atoms with Crippen molar-refractivity contribution in [1.29, 1.82) is 0 Å². The number of hydrogen-bond acceptors (Lipinski definition) is 5. The number of carbonyl (C=O) groups excluding carboxylic acids is 1. The average molecular weight is 274 g/mol. The van der Waals surface area contributed by atoms with Crippen molar-refractivity contribution in [3.05, 3.63) is 63.6 Å². The highest BCUT2D eigenvalue weighted by molar-refractivity contribution is 5.93. The number of nitrogens with zero attached hydrogens (tertiary/aromatic N) is 2. The zero-order valence-corrected chi connectivity index (χ0v) is 10.1. The summed E-state index contributed by atoms with van der Waals surface area (Å²) in [6.45, 7) is 0. The van der Waals surface area contributed by atoms with Crippen molar-refractivity contribution in [1.82, 2.24) is 0 Å². The van der Waals surface area contributed by atoms with Crippen LogP contribution in [0.2, 0.25) is 0 Å². The largest absolute Gasteiger partial charge is 0.619 e. The highest BCUT2D eigenvalue weighted by Crippen LogP contribution is 2.25. The summed E-state index contributed by atoms with van der Waals surface area (Å²) in [7, 11) is 0. The van der Waals surface area contributed by atoms with E-state index in [-0.39, 0.29) is 11.4 Å². The minimum atomic E-state index is -0.597. The van der Waals surface area contributed by atoms with Gasteiger partial charge in [-0.2, -0.15) is 4.73 Å². The summed E-state index contributed by atoms with van der Waals surface area (Å²) in [5.74, 6) is -0.570. The van der Waals surface area contributed by atoms with Gasteiger partial charge in [-0.3, -0.25) is 14.9 Å². The molecule has 8 heteroatoms. The first-order chi connectivity index (χ1) is 9.47. The summed E-state index contributed by atoms with van der Waals surface area (Å²) in [5.41, 5.74) is 5.74. The summed E-state index contributed by atoms with van der Waals surface area (Å²) in [6.07, 6.45) is 2.10. The molecule has 0 radical (unpaired) electrons. The fraction of sp³-hybridized carbons (Fsp3) is 0. The number of primary amides is 1. The van der Waals surface area contributed by atoms with Crippen molar-refractivity contribution in [2.45, 2.75) is 0 Å². The first kappa shape index (κ1) is 13.3. The lowest BCUT2D eigenvalue weighted by atomic mass is 10.2.